The van der Waals surface area contributed by atoms with Crippen molar-refractivity contribution in [3.8, 4) is 10.7 Å². The second-order valence-electron chi connectivity index (χ2n) is 5.80. The zero-order valence-corrected chi connectivity index (χ0v) is 14.7. The van der Waals surface area contributed by atoms with Crippen molar-refractivity contribution in [3.05, 3.63) is 47.3 Å². The van der Waals surface area contributed by atoms with Gasteiger partial charge in [0.1, 0.15) is 6.04 Å². The number of thiophene rings is 1. The van der Waals surface area contributed by atoms with Crippen LogP contribution < -0.4 is 16.0 Å². The maximum absolute atomic E-state index is 12.3. The van der Waals surface area contributed by atoms with Crippen LogP contribution in [0, 0.1) is 0 Å². The number of aromatic nitrogens is 3. The molecule has 27 heavy (non-hydrogen) atoms. The Kier molecular flexibility index (Phi) is 4.38. The lowest BCUT2D eigenvalue weighted by Crippen LogP contribution is -2.43. The number of aromatic amines is 1. The fourth-order valence-electron chi connectivity index (χ4n) is 2.66. The summed E-state index contributed by atoms with van der Waals surface area (Å²) in [5, 5.41) is 16.3. The van der Waals surface area contributed by atoms with Crippen LogP contribution in [0.25, 0.3) is 10.7 Å². The number of carbonyl (C=O) groups excluding carboxylic acids is 3. The van der Waals surface area contributed by atoms with E-state index in [0.717, 1.165) is 4.88 Å². The molecule has 0 radical (unpaired) electrons. The molecule has 0 saturated heterocycles. The predicted molar refractivity (Wildman–Crippen MR) is 99.3 cm³/mol. The van der Waals surface area contributed by atoms with Gasteiger partial charge in [-0.2, -0.15) is 4.98 Å². The minimum atomic E-state index is -0.999. The quantitative estimate of drug-likeness (QED) is 0.545. The minimum absolute atomic E-state index is 0.104. The number of hydrogen-bond donors (Lipinski definition) is 4. The van der Waals surface area contributed by atoms with Crippen molar-refractivity contribution in [2.24, 2.45) is 0 Å². The molecular formula is C17H14N6O3S. The molecule has 0 saturated carbocycles. The summed E-state index contributed by atoms with van der Waals surface area (Å²) in [6.45, 7) is 0. The smallest absolute Gasteiger partial charge is 0.254 e. The first-order valence-corrected chi connectivity index (χ1v) is 8.95. The second kappa shape index (κ2) is 7.00. The van der Waals surface area contributed by atoms with Gasteiger partial charge in [-0.15, -0.1) is 16.4 Å². The topological polar surface area (TPSA) is 129 Å². The predicted octanol–water partition coefficient (Wildman–Crippen LogP) is 1.61. The van der Waals surface area contributed by atoms with Gasteiger partial charge in [0.2, 0.25) is 17.8 Å². The number of amides is 3. The molecule has 3 aromatic rings. The molecule has 1 aliphatic rings. The number of nitrogens with one attached hydrogen (secondary N) is 4. The van der Waals surface area contributed by atoms with Gasteiger partial charge in [0.05, 0.1) is 22.5 Å². The van der Waals surface area contributed by atoms with E-state index >= 15 is 0 Å². The number of rotatable bonds is 4. The third kappa shape index (κ3) is 3.55. The van der Waals surface area contributed by atoms with Crippen LogP contribution in [0.4, 0.5) is 11.6 Å². The number of hydrogen-bond acceptors (Lipinski definition) is 6. The lowest BCUT2D eigenvalue weighted by molar-refractivity contribution is -0.122. The molecule has 3 amide bonds. The fourth-order valence-corrected chi connectivity index (χ4v) is 3.32. The molecule has 0 spiro atoms. The fraction of sp³-hybridized carbons (Fsp3) is 0.118. The van der Waals surface area contributed by atoms with Gasteiger partial charge in [0.15, 0.2) is 5.82 Å². The summed E-state index contributed by atoms with van der Waals surface area (Å²) < 4.78 is 0. The summed E-state index contributed by atoms with van der Waals surface area (Å²) in [6.07, 6.45) is -0.242. The number of benzene rings is 1. The highest BCUT2D eigenvalue weighted by Crippen LogP contribution is 2.22. The van der Waals surface area contributed by atoms with Gasteiger partial charge in [0.25, 0.3) is 5.91 Å². The van der Waals surface area contributed by atoms with E-state index in [1.54, 1.807) is 24.3 Å². The van der Waals surface area contributed by atoms with Gasteiger partial charge in [-0.3, -0.25) is 24.8 Å². The number of fused-ring (bicyclic) bond motifs is 1. The van der Waals surface area contributed by atoms with E-state index in [1.165, 1.54) is 11.3 Å². The van der Waals surface area contributed by atoms with Crippen LogP contribution in [0.3, 0.4) is 0 Å². The van der Waals surface area contributed by atoms with Gasteiger partial charge >= 0.3 is 0 Å². The van der Waals surface area contributed by atoms with E-state index < -0.39 is 23.8 Å². The first kappa shape index (κ1) is 16.9. The van der Waals surface area contributed by atoms with E-state index in [2.05, 4.69) is 31.1 Å². The Morgan fingerprint density at radius 3 is 2.85 bits per heavy atom. The Balaban J connectivity index is 1.42. The van der Waals surface area contributed by atoms with Crippen molar-refractivity contribution in [1.82, 2.24) is 20.5 Å². The molecule has 1 aromatic carbocycles. The highest BCUT2D eigenvalue weighted by Gasteiger charge is 2.29. The maximum atomic E-state index is 12.3. The molecule has 3 heterocycles. The van der Waals surface area contributed by atoms with E-state index in [0.29, 0.717) is 17.1 Å². The average molecular weight is 382 g/mol. The van der Waals surface area contributed by atoms with E-state index in [4.69, 9.17) is 0 Å². The van der Waals surface area contributed by atoms with Crippen LogP contribution in [0.5, 0.6) is 0 Å². The van der Waals surface area contributed by atoms with Gasteiger partial charge in [0, 0.05) is 0 Å². The van der Waals surface area contributed by atoms with Crippen LogP contribution in [-0.2, 0) is 9.59 Å². The summed E-state index contributed by atoms with van der Waals surface area (Å²) in [4.78, 5) is 42.0. The van der Waals surface area contributed by atoms with Gasteiger partial charge in [-0.25, -0.2) is 0 Å². The third-order valence-corrected chi connectivity index (χ3v) is 4.81. The van der Waals surface area contributed by atoms with Gasteiger partial charge in [-0.1, -0.05) is 18.2 Å². The monoisotopic (exact) mass is 382 g/mol. The number of anilines is 2. The SMILES string of the molecule is O=C(CC1NC(=O)c2ccccc2NC1=O)Nc1n[nH]c(-c2cccs2)n1. The molecule has 0 bridgehead atoms. The Hall–Kier alpha value is -3.53. The normalized spacial score (nSPS) is 16.1. The van der Waals surface area contributed by atoms with E-state index in [9.17, 15) is 14.4 Å². The highest BCUT2D eigenvalue weighted by atomic mass is 32.1. The summed E-state index contributed by atoms with van der Waals surface area (Å²) in [5.74, 6) is -0.723. The summed E-state index contributed by atoms with van der Waals surface area (Å²) in [6, 6.07) is 9.41. The highest BCUT2D eigenvalue weighted by molar-refractivity contribution is 7.13. The number of H-pyrrole nitrogens is 1. The van der Waals surface area contributed by atoms with Crippen molar-refractivity contribution in [2.75, 3.05) is 10.6 Å². The molecule has 10 heteroatoms. The van der Waals surface area contributed by atoms with E-state index in [-0.39, 0.29) is 12.4 Å². The Bertz CT molecular complexity index is 1010. The Labute approximate surface area is 157 Å². The second-order valence-corrected chi connectivity index (χ2v) is 6.75. The van der Waals surface area contributed by atoms with Gasteiger partial charge in [-0.05, 0) is 23.6 Å². The summed E-state index contributed by atoms with van der Waals surface area (Å²) >= 11 is 1.49. The standard InChI is InChI=1S/C17H14N6O3S/c24-13(20-17-21-14(22-23-17)12-6-3-7-27-12)8-11-16(26)18-10-5-2-1-4-9(10)15(25)19-11/h1-7,11H,8H2,(H,18,26)(H,19,25)(H2,20,21,22,23,24). The molecule has 9 nitrogen and oxygen atoms in total. The molecule has 1 aliphatic heterocycles. The molecule has 2 aromatic heterocycles. The minimum Gasteiger partial charge on any atom is -0.340 e. The zero-order chi connectivity index (χ0) is 18.8. The van der Waals surface area contributed by atoms with Crippen LogP contribution in [0.2, 0.25) is 0 Å². The molecule has 136 valence electrons. The summed E-state index contributed by atoms with van der Waals surface area (Å²) in [7, 11) is 0. The van der Waals surface area contributed by atoms with Crippen LogP contribution in [-0.4, -0.2) is 38.9 Å². The van der Waals surface area contributed by atoms with E-state index in [1.807, 2.05) is 17.5 Å². The molecule has 0 aliphatic carbocycles. The maximum Gasteiger partial charge on any atom is 0.254 e. The Morgan fingerprint density at radius 2 is 2.04 bits per heavy atom. The number of para-hydroxylation sites is 1. The third-order valence-electron chi connectivity index (χ3n) is 3.93. The summed E-state index contributed by atoms with van der Waals surface area (Å²) in [5.41, 5.74) is 0.765. The van der Waals surface area contributed by atoms with Crippen molar-refractivity contribution in [2.45, 2.75) is 12.5 Å². The van der Waals surface area contributed by atoms with Gasteiger partial charge < -0.3 is 10.6 Å². The lowest BCUT2D eigenvalue weighted by Gasteiger charge is -2.13. The molecule has 4 N–H and O–H groups in total. The van der Waals surface area contributed by atoms with Crippen molar-refractivity contribution >= 4 is 40.7 Å². The molecular weight excluding hydrogens is 368 g/mol. The molecule has 0 fully saturated rings. The van der Waals surface area contributed by atoms with Crippen molar-refractivity contribution < 1.29 is 14.4 Å². The average Bonchev–Trinajstić information content (AvgIpc) is 3.31. The van der Waals surface area contributed by atoms with Crippen LogP contribution in [0.15, 0.2) is 41.8 Å². The number of nitrogens with zero attached hydrogens (tertiary/aromatic N) is 2. The zero-order valence-electron chi connectivity index (χ0n) is 13.9. The van der Waals surface area contributed by atoms with Crippen molar-refractivity contribution in [3.63, 3.8) is 0 Å². The molecule has 1 unspecified atom stereocenters. The van der Waals surface area contributed by atoms with Crippen LogP contribution >= 0.6 is 11.3 Å². The first-order valence-electron chi connectivity index (χ1n) is 8.07. The number of carbonyl (C=O) groups is 3. The van der Waals surface area contributed by atoms with Crippen LogP contribution in [0.1, 0.15) is 16.8 Å². The first-order chi connectivity index (χ1) is 13.1. The largest absolute Gasteiger partial charge is 0.340 e. The Morgan fingerprint density at radius 1 is 1.19 bits per heavy atom. The van der Waals surface area contributed by atoms with Crippen molar-refractivity contribution in [1.29, 1.82) is 0 Å². The molecule has 1 atom stereocenters. The molecule has 4 rings (SSSR count). The lowest BCUT2D eigenvalue weighted by atomic mass is 10.1.